The highest BCUT2D eigenvalue weighted by Gasteiger charge is 2.27. The average Bonchev–Trinajstić information content (AvgIpc) is 3.89. The van der Waals surface area contributed by atoms with E-state index in [1.54, 1.807) is 51.8 Å². The molecular formula is C40H48N12O4. The molecule has 56 heavy (non-hydrogen) atoms. The predicted octanol–water partition coefficient (Wildman–Crippen LogP) is 5.35. The zero-order chi connectivity index (χ0) is 39.9. The molecule has 0 fully saturated rings. The smallest absolute Gasteiger partial charge is 0.276 e. The van der Waals surface area contributed by atoms with E-state index < -0.39 is 11.8 Å². The van der Waals surface area contributed by atoms with Crippen LogP contribution in [0.15, 0.2) is 42.5 Å². The summed E-state index contributed by atoms with van der Waals surface area (Å²) in [4.78, 5) is 61.9. The number of nitrogens with zero attached hydrogens (tertiary/aromatic N) is 8. The topological polar surface area (TPSA) is 216 Å². The minimum absolute atomic E-state index is 0.270. The molecular weight excluding hydrogens is 713 g/mol. The lowest BCUT2D eigenvalue weighted by Crippen LogP contribution is -2.23. The van der Waals surface area contributed by atoms with Crippen molar-refractivity contribution in [2.24, 2.45) is 16.9 Å². The van der Waals surface area contributed by atoms with Crippen molar-refractivity contribution < 1.29 is 19.2 Å². The Hall–Kier alpha value is -6.32. The minimum atomic E-state index is -0.567. The van der Waals surface area contributed by atoms with Crippen molar-refractivity contribution in [1.29, 1.82) is 0 Å². The lowest BCUT2D eigenvalue weighted by atomic mass is 9.85. The molecule has 16 heteroatoms. The number of nitrogens with one attached hydrogen (secondary N) is 2. The molecule has 292 valence electrons. The molecule has 0 saturated heterocycles. The fraction of sp³-hybridized carbons (Fsp3) is 0.400. The number of nitrogens with two attached hydrogens (primary N) is 2. The van der Waals surface area contributed by atoms with Crippen LogP contribution in [0.25, 0.3) is 22.1 Å². The number of aromatic nitrogens is 8. The number of fused-ring (bicyclic) bond motifs is 8. The summed E-state index contributed by atoms with van der Waals surface area (Å²) < 4.78 is 7.40. The van der Waals surface area contributed by atoms with Crippen molar-refractivity contribution in [3.05, 3.63) is 81.9 Å². The molecule has 4 amide bonds. The van der Waals surface area contributed by atoms with E-state index in [0.717, 1.165) is 47.2 Å². The number of hydrogen-bond acceptors (Lipinski definition) is 8. The van der Waals surface area contributed by atoms with Gasteiger partial charge in [0.05, 0.1) is 33.5 Å². The third-order valence-electron chi connectivity index (χ3n) is 10.7. The minimum Gasteiger partial charge on any atom is -0.366 e. The van der Waals surface area contributed by atoms with Gasteiger partial charge >= 0.3 is 0 Å². The van der Waals surface area contributed by atoms with E-state index in [1.807, 2.05) is 29.9 Å². The van der Waals surface area contributed by atoms with Crippen molar-refractivity contribution in [2.75, 3.05) is 10.6 Å². The van der Waals surface area contributed by atoms with Gasteiger partial charge in [-0.25, -0.2) is 9.97 Å². The number of carbonyl (C=O) groups excluding carboxylic acids is 4. The fourth-order valence-corrected chi connectivity index (χ4v) is 7.53. The van der Waals surface area contributed by atoms with Crippen LogP contribution in [0.1, 0.15) is 112 Å². The second-order valence-electron chi connectivity index (χ2n) is 15.3. The molecule has 6 aromatic rings. The first kappa shape index (κ1) is 38.0. The molecule has 1 aliphatic heterocycles. The molecule has 0 spiro atoms. The lowest BCUT2D eigenvalue weighted by Gasteiger charge is -2.26. The standard InChI is InChI=1S/C40H48N12O4/c1-6-51-33-27(24(3)48-51)10-8-7-9-17-52-32(20-23(2)47-52)36(55)45-38-43-28-21-25(34(41)53)11-13-30(28)49(38)18-15-40(4,5)16-19-50-31-14-12-26(35(42)54)22-29(31)44-39(50)46-37(33)56/h11-14,20-22H,6-10,15-19H2,1-5H3,(H2,41,53)(H2,42,54)(H,43,45,55)(H,44,46,56). The Morgan fingerprint density at radius 2 is 1.34 bits per heavy atom. The van der Waals surface area contributed by atoms with Crippen LogP contribution >= 0.6 is 0 Å². The van der Waals surface area contributed by atoms with Crippen LogP contribution in [0, 0.1) is 19.3 Å². The zero-order valence-corrected chi connectivity index (χ0v) is 32.5. The summed E-state index contributed by atoms with van der Waals surface area (Å²) in [6.07, 6.45) is 4.36. The van der Waals surface area contributed by atoms with Crippen molar-refractivity contribution in [3.63, 3.8) is 0 Å². The highest BCUT2D eigenvalue weighted by molar-refractivity contribution is 6.05. The number of aryl methyl sites for hydroxylation is 6. The van der Waals surface area contributed by atoms with Crippen molar-refractivity contribution in [1.82, 2.24) is 38.7 Å². The van der Waals surface area contributed by atoms with Crippen molar-refractivity contribution in [2.45, 2.75) is 99.3 Å². The summed E-state index contributed by atoms with van der Waals surface area (Å²) in [6, 6.07) is 12.0. The highest BCUT2D eigenvalue weighted by atomic mass is 16.2. The van der Waals surface area contributed by atoms with Crippen LogP contribution in [0.2, 0.25) is 0 Å². The number of anilines is 2. The first-order valence-corrected chi connectivity index (χ1v) is 19.1. The number of benzene rings is 2. The molecule has 0 saturated carbocycles. The molecule has 0 unspecified atom stereocenters. The normalized spacial score (nSPS) is 15.8. The summed E-state index contributed by atoms with van der Waals surface area (Å²) in [5.74, 6) is -1.07. The molecule has 2 aromatic carbocycles. The van der Waals surface area contributed by atoms with E-state index in [4.69, 9.17) is 26.5 Å². The van der Waals surface area contributed by atoms with E-state index in [0.29, 0.717) is 90.9 Å². The maximum atomic E-state index is 14.2. The van der Waals surface area contributed by atoms with E-state index in [2.05, 4.69) is 29.6 Å². The van der Waals surface area contributed by atoms with Crippen LogP contribution in [0.5, 0.6) is 0 Å². The van der Waals surface area contributed by atoms with Crippen molar-refractivity contribution in [3.8, 4) is 0 Å². The molecule has 4 aromatic heterocycles. The number of amides is 4. The monoisotopic (exact) mass is 760 g/mol. The highest BCUT2D eigenvalue weighted by Crippen LogP contribution is 2.32. The summed E-state index contributed by atoms with van der Waals surface area (Å²) in [7, 11) is 0. The number of rotatable bonds is 3. The summed E-state index contributed by atoms with van der Waals surface area (Å²) in [5.41, 5.74) is 17.5. The van der Waals surface area contributed by atoms with Gasteiger partial charge in [-0.05, 0) is 101 Å². The Labute approximate surface area is 323 Å². The molecule has 0 radical (unpaired) electrons. The Morgan fingerprint density at radius 1 is 0.768 bits per heavy atom. The number of hydrogen-bond donors (Lipinski definition) is 4. The first-order chi connectivity index (χ1) is 26.7. The molecule has 5 heterocycles. The van der Waals surface area contributed by atoms with Crippen LogP contribution in [-0.4, -0.2) is 62.3 Å². The molecule has 0 bridgehead atoms. The first-order valence-electron chi connectivity index (χ1n) is 19.1. The second kappa shape index (κ2) is 15.1. The average molecular weight is 761 g/mol. The van der Waals surface area contributed by atoms with Gasteiger partial charge in [-0.1, -0.05) is 20.3 Å². The zero-order valence-electron chi connectivity index (χ0n) is 32.5. The summed E-state index contributed by atoms with van der Waals surface area (Å²) in [6.45, 7) is 12.1. The van der Waals surface area contributed by atoms with Gasteiger partial charge in [0.1, 0.15) is 11.4 Å². The Bertz CT molecular complexity index is 2520. The van der Waals surface area contributed by atoms with Gasteiger partial charge in [0, 0.05) is 42.9 Å². The van der Waals surface area contributed by atoms with Crippen LogP contribution in [-0.2, 0) is 32.6 Å². The number of imidazole rings is 2. The molecule has 0 atom stereocenters. The van der Waals surface area contributed by atoms with Gasteiger partial charge in [-0.3, -0.25) is 39.2 Å². The van der Waals surface area contributed by atoms with E-state index in [1.165, 1.54) is 0 Å². The largest absolute Gasteiger partial charge is 0.366 e. The molecule has 7 rings (SSSR count). The third-order valence-corrected chi connectivity index (χ3v) is 10.7. The van der Waals surface area contributed by atoms with Gasteiger partial charge in [-0.2, -0.15) is 10.2 Å². The maximum Gasteiger partial charge on any atom is 0.276 e. The number of carbonyl (C=O) groups is 4. The van der Waals surface area contributed by atoms with Crippen LogP contribution in [0.3, 0.4) is 0 Å². The van der Waals surface area contributed by atoms with Gasteiger partial charge in [0.2, 0.25) is 23.7 Å². The molecule has 1 aliphatic rings. The van der Waals surface area contributed by atoms with Crippen LogP contribution < -0.4 is 22.1 Å². The maximum absolute atomic E-state index is 14.2. The van der Waals surface area contributed by atoms with Crippen LogP contribution in [0.4, 0.5) is 11.9 Å². The number of primary amides is 2. The Balaban J connectivity index is 1.28. The second-order valence-corrected chi connectivity index (χ2v) is 15.3. The van der Waals surface area contributed by atoms with Gasteiger partial charge < -0.3 is 20.6 Å². The van der Waals surface area contributed by atoms with E-state index in [-0.39, 0.29) is 17.2 Å². The Morgan fingerprint density at radius 3 is 1.89 bits per heavy atom. The van der Waals surface area contributed by atoms with E-state index >= 15 is 0 Å². The van der Waals surface area contributed by atoms with Gasteiger partial charge in [0.15, 0.2) is 0 Å². The summed E-state index contributed by atoms with van der Waals surface area (Å²) in [5, 5.41) is 15.5. The quantitative estimate of drug-likeness (QED) is 0.184. The Kier molecular flexibility index (Phi) is 10.2. The summed E-state index contributed by atoms with van der Waals surface area (Å²) >= 11 is 0. The molecule has 6 N–H and O–H groups in total. The molecule has 0 aliphatic carbocycles. The predicted molar refractivity (Wildman–Crippen MR) is 213 cm³/mol. The SMILES string of the molecule is CCn1nc(C)c2c1C(=O)Nc1nc3cc(C(N)=O)ccc3n1CCC(C)(C)CCn1c(nc3cc(C(N)=O)ccc31)NC(=O)c1cc(C)nn1CCCCC2. The van der Waals surface area contributed by atoms with E-state index in [9.17, 15) is 19.2 Å². The van der Waals surface area contributed by atoms with Gasteiger partial charge in [-0.15, -0.1) is 0 Å². The molecule has 16 nitrogen and oxygen atoms in total. The fourth-order valence-electron chi connectivity index (χ4n) is 7.53. The lowest BCUT2D eigenvalue weighted by molar-refractivity contribution is 0.0992. The van der Waals surface area contributed by atoms with Gasteiger partial charge in [0.25, 0.3) is 11.8 Å². The van der Waals surface area contributed by atoms with Crippen molar-refractivity contribution >= 4 is 57.6 Å². The third kappa shape index (κ3) is 7.50.